The summed E-state index contributed by atoms with van der Waals surface area (Å²) in [6.45, 7) is 5.68. The zero-order valence-electron chi connectivity index (χ0n) is 11.5. The molecule has 4 nitrogen and oxygen atoms in total. The number of esters is 1. The molecule has 0 aromatic heterocycles. The van der Waals surface area contributed by atoms with Gasteiger partial charge in [0.15, 0.2) is 0 Å². The van der Waals surface area contributed by atoms with Gasteiger partial charge in [-0.1, -0.05) is 36.8 Å². The summed E-state index contributed by atoms with van der Waals surface area (Å²) in [5.41, 5.74) is 2.05. The minimum atomic E-state index is -0.575. The average molecular weight is 263 g/mol. The Morgan fingerprint density at radius 1 is 1.42 bits per heavy atom. The molecule has 1 heterocycles. The number of aryl methyl sites for hydroxylation is 1. The summed E-state index contributed by atoms with van der Waals surface area (Å²) in [6, 6.07) is 7.63. The molecular weight excluding hydrogens is 242 g/mol. The van der Waals surface area contributed by atoms with Crippen LogP contribution in [-0.2, 0) is 9.53 Å². The van der Waals surface area contributed by atoms with Crippen LogP contribution in [0.1, 0.15) is 30.6 Å². The van der Waals surface area contributed by atoms with Crippen LogP contribution in [0.4, 0.5) is 0 Å². The molecular formula is C15H21NO3. The van der Waals surface area contributed by atoms with Gasteiger partial charge in [-0.25, -0.2) is 0 Å². The van der Waals surface area contributed by atoms with Crippen molar-refractivity contribution in [1.82, 2.24) is 4.90 Å². The third-order valence-corrected chi connectivity index (χ3v) is 3.62. The van der Waals surface area contributed by atoms with E-state index in [4.69, 9.17) is 4.74 Å². The number of benzene rings is 1. The van der Waals surface area contributed by atoms with Gasteiger partial charge in [0.05, 0.1) is 12.7 Å². The number of hydrogen-bond acceptors (Lipinski definition) is 4. The first kappa shape index (κ1) is 14.0. The summed E-state index contributed by atoms with van der Waals surface area (Å²) in [7, 11) is 0. The van der Waals surface area contributed by atoms with Crippen LogP contribution in [0.15, 0.2) is 24.3 Å². The van der Waals surface area contributed by atoms with E-state index in [1.54, 1.807) is 0 Å². The second kappa shape index (κ2) is 6.17. The molecule has 0 saturated carbocycles. The number of cyclic esters (lactones) is 1. The van der Waals surface area contributed by atoms with E-state index in [0.717, 1.165) is 12.1 Å². The van der Waals surface area contributed by atoms with E-state index in [2.05, 4.69) is 0 Å². The predicted octanol–water partition coefficient (Wildman–Crippen LogP) is 1.67. The van der Waals surface area contributed by atoms with Gasteiger partial charge in [0.1, 0.15) is 6.04 Å². The van der Waals surface area contributed by atoms with Gasteiger partial charge in [-0.15, -0.1) is 0 Å². The molecule has 1 aliphatic heterocycles. The molecule has 2 unspecified atom stereocenters. The van der Waals surface area contributed by atoms with Crippen LogP contribution >= 0.6 is 0 Å². The van der Waals surface area contributed by atoms with Crippen molar-refractivity contribution in [3.63, 3.8) is 0 Å². The van der Waals surface area contributed by atoms with E-state index in [-0.39, 0.29) is 12.0 Å². The Balaban J connectivity index is 2.01. The van der Waals surface area contributed by atoms with Crippen LogP contribution in [0.2, 0.25) is 0 Å². The van der Waals surface area contributed by atoms with E-state index >= 15 is 0 Å². The van der Waals surface area contributed by atoms with Gasteiger partial charge < -0.3 is 9.84 Å². The number of nitrogens with zero attached hydrogens (tertiary/aromatic N) is 1. The standard InChI is InChI=1S/C15H21NO3/c1-3-16(13-8-9-19-15(13)18)10-14(17)12-6-4-11(2)5-7-12/h4-7,13-14,17H,3,8-10H2,1-2H3. The molecule has 1 fully saturated rings. The summed E-state index contributed by atoms with van der Waals surface area (Å²) in [4.78, 5) is 13.6. The van der Waals surface area contributed by atoms with E-state index in [9.17, 15) is 9.90 Å². The third-order valence-electron chi connectivity index (χ3n) is 3.62. The second-order valence-electron chi connectivity index (χ2n) is 4.99. The first-order chi connectivity index (χ1) is 9.11. The number of aliphatic hydroxyl groups excluding tert-OH is 1. The van der Waals surface area contributed by atoms with Gasteiger partial charge >= 0.3 is 5.97 Å². The SMILES string of the molecule is CCN(CC(O)c1ccc(C)cc1)C1CCOC1=O. The molecule has 0 radical (unpaired) electrons. The summed E-state index contributed by atoms with van der Waals surface area (Å²) in [6.07, 6.45) is 0.141. The van der Waals surface area contributed by atoms with E-state index in [1.165, 1.54) is 5.56 Å². The number of carbonyl (C=O) groups excluding carboxylic acids is 1. The first-order valence-corrected chi connectivity index (χ1v) is 6.77. The summed E-state index contributed by atoms with van der Waals surface area (Å²) in [5, 5.41) is 10.3. The first-order valence-electron chi connectivity index (χ1n) is 6.77. The molecule has 104 valence electrons. The molecule has 19 heavy (non-hydrogen) atoms. The number of hydrogen-bond donors (Lipinski definition) is 1. The highest BCUT2D eigenvalue weighted by molar-refractivity contribution is 5.77. The molecule has 1 aromatic rings. The number of aliphatic hydroxyl groups is 1. The van der Waals surface area contributed by atoms with Crippen LogP contribution in [0.3, 0.4) is 0 Å². The van der Waals surface area contributed by atoms with Gasteiger partial charge in [-0.3, -0.25) is 9.69 Å². The maximum Gasteiger partial charge on any atom is 0.323 e. The van der Waals surface area contributed by atoms with Gasteiger partial charge in [-0.2, -0.15) is 0 Å². The van der Waals surface area contributed by atoms with Crippen molar-refractivity contribution in [1.29, 1.82) is 0 Å². The number of likely N-dealkylation sites (N-methyl/N-ethyl adjacent to an activating group) is 1. The van der Waals surface area contributed by atoms with Crippen LogP contribution in [0.5, 0.6) is 0 Å². The van der Waals surface area contributed by atoms with Gasteiger partial charge in [0, 0.05) is 13.0 Å². The molecule has 1 N–H and O–H groups in total. The lowest BCUT2D eigenvalue weighted by Crippen LogP contribution is -2.40. The molecule has 0 amide bonds. The zero-order chi connectivity index (χ0) is 13.8. The van der Waals surface area contributed by atoms with Crippen molar-refractivity contribution >= 4 is 5.97 Å². The minimum Gasteiger partial charge on any atom is -0.464 e. The Bertz CT molecular complexity index is 430. The van der Waals surface area contributed by atoms with Crippen molar-refractivity contribution in [2.45, 2.75) is 32.4 Å². The second-order valence-corrected chi connectivity index (χ2v) is 4.99. The molecule has 0 aliphatic carbocycles. The van der Waals surface area contributed by atoms with Gasteiger partial charge in [-0.05, 0) is 19.0 Å². The van der Waals surface area contributed by atoms with Gasteiger partial charge in [0.25, 0.3) is 0 Å². The summed E-state index contributed by atoms with van der Waals surface area (Å²) < 4.78 is 4.99. The summed E-state index contributed by atoms with van der Waals surface area (Å²) in [5.74, 6) is -0.169. The van der Waals surface area contributed by atoms with Gasteiger partial charge in [0.2, 0.25) is 0 Å². The highest BCUT2D eigenvalue weighted by atomic mass is 16.5. The highest BCUT2D eigenvalue weighted by Crippen LogP contribution is 2.20. The normalized spacial score (nSPS) is 20.6. The maximum absolute atomic E-state index is 11.6. The largest absolute Gasteiger partial charge is 0.464 e. The van der Waals surface area contributed by atoms with Crippen molar-refractivity contribution in [3.8, 4) is 0 Å². The summed E-state index contributed by atoms with van der Waals surface area (Å²) >= 11 is 0. The lowest BCUT2D eigenvalue weighted by molar-refractivity contribution is -0.142. The Hall–Kier alpha value is -1.39. The van der Waals surface area contributed by atoms with Crippen LogP contribution in [0.25, 0.3) is 0 Å². The van der Waals surface area contributed by atoms with Crippen LogP contribution < -0.4 is 0 Å². The van der Waals surface area contributed by atoms with Crippen LogP contribution in [-0.4, -0.2) is 41.7 Å². The fraction of sp³-hybridized carbons (Fsp3) is 0.533. The third kappa shape index (κ3) is 3.33. The molecule has 1 saturated heterocycles. The van der Waals surface area contributed by atoms with Crippen molar-refractivity contribution in [2.24, 2.45) is 0 Å². The Morgan fingerprint density at radius 3 is 2.63 bits per heavy atom. The lowest BCUT2D eigenvalue weighted by atomic mass is 10.1. The average Bonchev–Trinajstić information content (AvgIpc) is 2.83. The van der Waals surface area contributed by atoms with E-state index in [0.29, 0.717) is 19.6 Å². The van der Waals surface area contributed by atoms with Crippen molar-refractivity contribution in [3.05, 3.63) is 35.4 Å². The number of ether oxygens (including phenoxy) is 1. The molecule has 0 bridgehead atoms. The minimum absolute atomic E-state index is 0.169. The van der Waals surface area contributed by atoms with Crippen molar-refractivity contribution < 1.29 is 14.6 Å². The number of rotatable bonds is 5. The zero-order valence-corrected chi connectivity index (χ0v) is 11.5. The molecule has 4 heteroatoms. The Morgan fingerprint density at radius 2 is 2.11 bits per heavy atom. The van der Waals surface area contributed by atoms with E-state index in [1.807, 2.05) is 43.0 Å². The lowest BCUT2D eigenvalue weighted by Gasteiger charge is -2.27. The predicted molar refractivity (Wildman–Crippen MR) is 72.7 cm³/mol. The fourth-order valence-electron chi connectivity index (χ4n) is 2.41. The molecule has 2 atom stereocenters. The number of carbonyl (C=O) groups is 1. The van der Waals surface area contributed by atoms with Crippen LogP contribution in [0, 0.1) is 6.92 Å². The van der Waals surface area contributed by atoms with Crippen molar-refractivity contribution in [2.75, 3.05) is 19.7 Å². The molecule has 1 aromatic carbocycles. The smallest absolute Gasteiger partial charge is 0.323 e. The molecule has 1 aliphatic rings. The topological polar surface area (TPSA) is 49.8 Å². The van der Waals surface area contributed by atoms with E-state index < -0.39 is 6.10 Å². The monoisotopic (exact) mass is 263 g/mol. The Kier molecular flexibility index (Phi) is 4.56. The molecule has 0 spiro atoms. The fourth-order valence-corrected chi connectivity index (χ4v) is 2.41. The quantitative estimate of drug-likeness (QED) is 0.821. The Labute approximate surface area is 114 Å². The highest BCUT2D eigenvalue weighted by Gasteiger charge is 2.32. The maximum atomic E-state index is 11.6. The molecule has 2 rings (SSSR count).